The van der Waals surface area contributed by atoms with Crippen molar-refractivity contribution in [2.24, 2.45) is 0 Å². The van der Waals surface area contributed by atoms with Crippen molar-refractivity contribution in [3.63, 3.8) is 0 Å². The molecule has 124 valence electrons. The maximum absolute atomic E-state index is 4.84. The highest BCUT2D eigenvalue weighted by molar-refractivity contribution is 5.53. The molecule has 1 saturated heterocycles. The number of hydrogen-bond acceptors (Lipinski definition) is 4. The average molecular weight is 314 g/mol. The molecule has 1 aliphatic carbocycles. The Morgan fingerprint density at radius 2 is 2.04 bits per heavy atom. The molecule has 2 fully saturated rings. The summed E-state index contributed by atoms with van der Waals surface area (Å²) in [5.41, 5.74) is 3.18. The maximum atomic E-state index is 4.84. The molecule has 0 spiro atoms. The van der Waals surface area contributed by atoms with E-state index in [4.69, 9.17) is 5.10 Å². The van der Waals surface area contributed by atoms with Gasteiger partial charge in [-0.05, 0) is 59.1 Å². The van der Waals surface area contributed by atoms with Crippen LogP contribution in [0.15, 0.2) is 12.3 Å². The fraction of sp³-hybridized carbons (Fsp3) is 0.706. The summed E-state index contributed by atoms with van der Waals surface area (Å²) in [6.45, 7) is 8.63. The molecule has 2 aromatic rings. The van der Waals surface area contributed by atoms with Gasteiger partial charge in [-0.2, -0.15) is 5.10 Å². The lowest BCUT2D eigenvalue weighted by Crippen LogP contribution is -2.26. The van der Waals surface area contributed by atoms with E-state index in [0.717, 1.165) is 24.5 Å². The van der Waals surface area contributed by atoms with Crippen LogP contribution in [0, 0.1) is 0 Å². The van der Waals surface area contributed by atoms with Crippen LogP contribution in [0.3, 0.4) is 0 Å². The Hall–Kier alpha value is -1.69. The Kier molecular flexibility index (Phi) is 3.52. The summed E-state index contributed by atoms with van der Waals surface area (Å²) in [5.74, 6) is 0.674. The van der Waals surface area contributed by atoms with Gasteiger partial charge < -0.3 is 5.32 Å². The van der Waals surface area contributed by atoms with Crippen LogP contribution in [0.25, 0.3) is 11.4 Å². The molecule has 6 nitrogen and oxygen atoms in total. The summed E-state index contributed by atoms with van der Waals surface area (Å²) < 4.78 is 4.13. The molecule has 1 saturated carbocycles. The van der Waals surface area contributed by atoms with E-state index in [1.165, 1.54) is 31.4 Å². The van der Waals surface area contributed by atoms with Crippen molar-refractivity contribution < 1.29 is 0 Å². The van der Waals surface area contributed by atoms with E-state index in [1.54, 1.807) is 0 Å². The van der Waals surface area contributed by atoms with Crippen molar-refractivity contribution >= 4 is 0 Å². The van der Waals surface area contributed by atoms with Gasteiger partial charge in [0.25, 0.3) is 0 Å². The minimum atomic E-state index is -0.0000645. The Morgan fingerprint density at radius 1 is 1.22 bits per heavy atom. The van der Waals surface area contributed by atoms with Crippen LogP contribution in [0.4, 0.5) is 0 Å². The Bertz CT molecular complexity index is 682. The minimum absolute atomic E-state index is 0.0000645. The summed E-state index contributed by atoms with van der Waals surface area (Å²) in [6.07, 6.45) is 7.07. The van der Waals surface area contributed by atoms with Crippen molar-refractivity contribution in [1.29, 1.82) is 0 Å². The van der Waals surface area contributed by atoms with Gasteiger partial charge in [-0.15, -0.1) is 5.10 Å². The first kappa shape index (κ1) is 14.9. The lowest BCUT2D eigenvalue weighted by atomic mass is 10.1. The van der Waals surface area contributed by atoms with Crippen LogP contribution in [-0.2, 0) is 12.1 Å². The summed E-state index contributed by atoms with van der Waals surface area (Å²) in [4.78, 5) is 0. The molecule has 4 rings (SSSR count). The topological polar surface area (TPSA) is 60.6 Å². The maximum Gasteiger partial charge on any atom is 0.133 e. The number of aromatic nitrogens is 5. The monoisotopic (exact) mass is 314 g/mol. The largest absolute Gasteiger partial charge is 0.312 e. The summed E-state index contributed by atoms with van der Waals surface area (Å²) >= 11 is 0. The molecule has 0 aromatic carbocycles. The van der Waals surface area contributed by atoms with Crippen LogP contribution in [-0.4, -0.2) is 37.4 Å². The Morgan fingerprint density at radius 3 is 2.70 bits per heavy atom. The second-order valence-corrected chi connectivity index (χ2v) is 7.93. The number of hydrogen-bond donors (Lipinski definition) is 1. The summed E-state index contributed by atoms with van der Waals surface area (Å²) in [7, 11) is 0. The normalized spacial score (nSPS) is 22.0. The first-order chi connectivity index (χ1) is 11.0. The molecule has 1 atom stereocenters. The fourth-order valence-electron chi connectivity index (χ4n) is 3.37. The van der Waals surface area contributed by atoms with Gasteiger partial charge in [0.1, 0.15) is 11.4 Å². The van der Waals surface area contributed by atoms with Crippen molar-refractivity contribution in [3.05, 3.63) is 18.0 Å². The third-order valence-electron chi connectivity index (χ3n) is 4.74. The van der Waals surface area contributed by atoms with Crippen LogP contribution in [0.5, 0.6) is 0 Å². The van der Waals surface area contributed by atoms with Crippen LogP contribution in [0.2, 0.25) is 0 Å². The van der Waals surface area contributed by atoms with E-state index < -0.39 is 0 Å². The molecule has 0 bridgehead atoms. The van der Waals surface area contributed by atoms with Crippen molar-refractivity contribution in [2.45, 2.75) is 70.5 Å². The molecule has 2 aliphatic rings. The Balaban J connectivity index is 1.59. The number of rotatable bonds is 4. The minimum Gasteiger partial charge on any atom is -0.312 e. The quantitative estimate of drug-likeness (QED) is 0.942. The molecule has 1 N–H and O–H groups in total. The van der Waals surface area contributed by atoms with E-state index in [0.29, 0.717) is 12.0 Å². The van der Waals surface area contributed by atoms with Gasteiger partial charge in [0, 0.05) is 17.7 Å². The molecule has 2 aromatic heterocycles. The number of nitrogens with one attached hydrogen (secondary N) is 1. The molecule has 0 radical (unpaired) electrons. The van der Waals surface area contributed by atoms with Gasteiger partial charge in [0.15, 0.2) is 0 Å². The van der Waals surface area contributed by atoms with Gasteiger partial charge in [0.05, 0.1) is 18.3 Å². The zero-order valence-electron chi connectivity index (χ0n) is 14.3. The Labute approximate surface area is 137 Å². The molecular weight excluding hydrogens is 288 g/mol. The van der Waals surface area contributed by atoms with Gasteiger partial charge in [-0.3, -0.25) is 9.36 Å². The lowest BCUT2D eigenvalue weighted by Gasteiger charge is -2.22. The fourth-order valence-corrected chi connectivity index (χ4v) is 3.37. The van der Waals surface area contributed by atoms with E-state index in [9.17, 15) is 0 Å². The highest BCUT2D eigenvalue weighted by Crippen LogP contribution is 2.42. The van der Waals surface area contributed by atoms with Crippen LogP contribution >= 0.6 is 0 Å². The second kappa shape index (κ2) is 5.44. The first-order valence-electron chi connectivity index (χ1n) is 8.75. The highest BCUT2D eigenvalue weighted by atomic mass is 15.4. The van der Waals surface area contributed by atoms with E-state index in [2.05, 4.69) is 47.1 Å². The SMILES string of the molecule is CC(C)(C)n1nc(-c2cn(C[C@H]3CCCN3)nn2)cc1C1CC1. The van der Waals surface area contributed by atoms with Crippen molar-refractivity contribution in [3.8, 4) is 11.4 Å². The third-order valence-corrected chi connectivity index (χ3v) is 4.74. The smallest absolute Gasteiger partial charge is 0.133 e. The van der Waals surface area contributed by atoms with E-state index >= 15 is 0 Å². The van der Waals surface area contributed by atoms with Gasteiger partial charge in [0.2, 0.25) is 0 Å². The molecule has 1 aliphatic heterocycles. The second-order valence-electron chi connectivity index (χ2n) is 7.93. The van der Waals surface area contributed by atoms with Crippen molar-refractivity contribution in [1.82, 2.24) is 30.1 Å². The standard InChI is InChI=1S/C17H26N6/c1-17(2,3)23-16(12-6-7-12)9-14(20-23)15-11-22(21-19-15)10-13-5-4-8-18-13/h9,11-13,18H,4-8,10H2,1-3H3/t13-/m1/s1. The first-order valence-corrected chi connectivity index (χ1v) is 8.75. The molecule has 0 amide bonds. The highest BCUT2D eigenvalue weighted by Gasteiger charge is 2.32. The molecule has 3 heterocycles. The lowest BCUT2D eigenvalue weighted by molar-refractivity contribution is 0.344. The summed E-state index contributed by atoms with van der Waals surface area (Å²) in [6, 6.07) is 2.74. The zero-order chi connectivity index (χ0) is 16.0. The van der Waals surface area contributed by atoms with Crippen molar-refractivity contribution in [2.75, 3.05) is 6.54 Å². The average Bonchev–Trinajstić information content (AvgIpc) is 2.95. The van der Waals surface area contributed by atoms with E-state index in [1.807, 2.05) is 10.9 Å². The molecular formula is C17H26N6. The van der Waals surface area contributed by atoms with Crippen LogP contribution < -0.4 is 5.32 Å². The predicted octanol–water partition coefficient (Wildman–Crippen LogP) is 2.53. The van der Waals surface area contributed by atoms with E-state index in [-0.39, 0.29) is 5.54 Å². The predicted molar refractivity (Wildman–Crippen MR) is 89.2 cm³/mol. The molecule has 6 heteroatoms. The zero-order valence-corrected chi connectivity index (χ0v) is 14.3. The molecule has 0 unspecified atom stereocenters. The third kappa shape index (κ3) is 3.04. The van der Waals surface area contributed by atoms with Gasteiger partial charge in [-0.25, -0.2) is 0 Å². The van der Waals surface area contributed by atoms with Crippen LogP contribution in [0.1, 0.15) is 58.1 Å². The van der Waals surface area contributed by atoms with Gasteiger partial charge in [-0.1, -0.05) is 5.21 Å². The molecule has 23 heavy (non-hydrogen) atoms. The number of nitrogens with zero attached hydrogens (tertiary/aromatic N) is 5. The summed E-state index contributed by atoms with van der Waals surface area (Å²) in [5, 5.41) is 17.0. The van der Waals surface area contributed by atoms with Gasteiger partial charge >= 0.3 is 0 Å².